The van der Waals surface area contributed by atoms with E-state index in [1.54, 1.807) is 6.92 Å². The van der Waals surface area contributed by atoms with Crippen LogP contribution in [0.15, 0.2) is 66.7 Å². The van der Waals surface area contributed by atoms with Crippen LogP contribution in [0.4, 0.5) is 0 Å². The summed E-state index contributed by atoms with van der Waals surface area (Å²) in [6, 6.07) is 22.2. The van der Waals surface area contributed by atoms with Crippen LogP contribution in [0, 0.1) is 6.92 Å². The van der Waals surface area contributed by atoms with Crippen molar-refractivity contribution in [3.63, 3.8) is 0 Å². The van der Waals surface area contributed by atoms with Gasteiger partial charge in [-0.15, -0.1) is 0 Å². The molecule has 5 heteroatoms. The number of carboxylic acids is 1. The molecule has 5 nitrogen and oxygen atoms in total. The Hall–Kier alpha value is -3.41. The van der Waals surface area contributed by atoms with Crippen LogP contribution in [0.3, 0.4) is 0 Å². The minimum Gasteiger partial charge on any atom is -0.491 e. The van der Waals surface area contributed by atoms with Gasteiger partial charge in [-0.2, -0.15) is 0 Å². The first-order valence-electron chi connectivity index (χ1n) is 11.6. The summed E-state index contributed by atoms with van der Waals surface area (Å²) in [7, 11) is 0. The van der Waals surface area contributed by atoms with Crippen LogP contribution in [0.5, 0.6) is 5.75 Å². The lowest BCUT2D eigenvalue weighted by Crippen LogP contribution is -2.26. The monoisotopic (exact) mass is 458 g/mol. The Labute approximate surface area is 200 Å². The molecule has 2 unspecified atom stereocenters. The van der Waals surface area contributed by atoms with Gasteiger partial charge < -0.3 is 19.3 Å². The van der Waals surface area contributed by atoms with Crippen molar-refractivity contribution in [3.05, 3.63) is 100 Å². The first-order chi connectivity index (χ1) is 16.5. The number of rotatable bonds is 10. The molecular weight excluding hydrogens is 428 g/mol. The van der Waals surface area contributed by atoms with E-state index in [4.69, 9.17) is 14.2 Å². The number of fused-ring (bicyclic) bond motifs is 2. The van der Waals surface area contributed by atoms with Crippen molar-refractivity contribution in [1.82, 2.24) is 0 Å². The zero-order valence-electron chi connectivity index (χ0n) is 19.6. The van der Waals surface area contributed by atoms with E-state index in [1.165, 1.54) is 5.56 Å². The van der Waals surface area contributed by atoms with Crippen LogP contribution in [-0.4, -0.2) is 37.0 Å². The maximum Gasteiger partial charge on any atom is 0.333 e. The molecule has 0 saturated carbocycles. The van der Waals surface area contributed by atoms with Crippen LogP contribution in [0.1, 0.15) is 46.4 Å². The predicted molar refractivity (Wildman–Crippen MR) is 133 cm³/mol. The Morgan fingerprint density at radius 2 is 1.68 bits per heavy atom. The molecule has 34 heavy (non-hydrogen) atoms. The average Bonchev–Trinajstić information content (AvgIpc) is 2.99. The van der Waals surface area contributed by atoms with Crippen molar-refractivity contribution in [3.8, 4) is 5.75 Å². The largest absolute Gasteiger partial charge is 0.491 e. The number of hydrogen-bond donors (Lipinski definition) is 1. The van der Waals surface area contributed by atoms with Gasteiger partial charge in [-0.05, 0) is 53.8 Å². The molecule has 3 aromatic rings. The zero-order valence-corrected chi connectivity index (χ0v) is 19.6. The van der Waals surface area contributed by atoms with Crippen LogP contribution in [0.2, 0.25) is 0 Å². The van der Waals surface area contributed by atoms with Gasteiger partial charge in [0.15, 0.2) is 6.10 Å². The summed E-state index contributed by atoms with van der Waals surface area (Å²) >= 11 is 0. The Balaban J connectivity index is 1.38. The van der Waals surface area contributed by atoms with E-state index in [0.717, 1.165) is 33.6 Å². The first kappa shape index (κ1) is 23.7. The Morgan fingerprint density at radius 1 is 0.941 bits per heavy atom. The molecule has 1 aliphatic rings. The topological polar surface area (TPSA) is 65.0 Å². The van der Waals surface area contributed by atoms with Gasteiger partial charge in [-0.1, -0.05) is 72.3 Å². The maximum atomic E-state index is 11.3. The molecule has 1 N–H and O–H groups in total. The van der Waals surface area contributed by atoms with E-state index < -0.39 is 12.1 Å². The summed E-state index contributed by atoms with van der Waals surface area (Å²) in [5.41, 5.74) is 6.71. The van der Waals surface area contributed by atoms with E-state index in [0.29, 0.717) is 26.2 Å². The third kappa shape index (κ3) is 5.74. The fourth-order valence-corrected chi connectivity index (χ4v) is 4.18. The predicted octanol–water partition coefficient (Wildman–Crippen LogP) is 5.70. The highest BCUT2D eigenvalue weighted by Crippen LogP contribution is 2.35. The molecular formula is C29H30O5. The number of ether oxygens (including phenoxy) is 3. The molecule has 0 heterocycles. The SMILES string of the molecule is CCOC(Cc1ccc(OCCOC2c3ccccc3C=Cc3ccc(C)cc32)cc1)C(=O)O. The van der Waals surface area contributed by atoms with E-state index >= 15 is 0 Å². The van der Waals surface area contributed by atoms with Gasteiger partial charge >= 0.3 is 5.97 Å². The lowest BCUT2D eigenvalue weighted by molar-refractivity contribution is -0.149. The number of benzene rings is 3. The lowest BCUT2D eigenvalue weighted by Gasteiger charge is -2.21. The number of aryl methyl sites for hydroxylation is 1. The molecule has 3 aromatic carbocycles. The first-order valence-corrected chi connectivity index (χ1v) is 11.6. The third-order valence-electron chi connectivity index (χ3n) is 5.87. The Kier molecular flexibility index (Phi) is 7.78. The van der Waals surface area contributed by atoms with Crippen molar-refractivity contribution in [2.45, 2.75) is 32.5 Å². The molecule has 0 radical (unpaired) electrons. The maximum absolute atomic E-state index is 11.3. The molecule has 4 rings (SSSR count). The number of hydrogen-bond acceptors (Lipinski definition) is 4. The minimum absolute atomic E-state index is 0.168. The van der Waals surface area contributed by atoms with Crippen LogP contribution in [-0.2, 0) is 20.7 Å². The fraction of sp³-hybridized carbons (Fsp3) is 0.276. The van der Waals surface area contributed by atoms with E-state index in [1.807, 2.05) is 36.4 Å². The van der Waals surface area contributed by atoms with Gasteiger partial charge in [-0.3, -0.25) is 0 Å². The van der Waals surface area contributed by atoms with Gasteiger partial charge in [0.1, 0.15) is 18.5 Å². The molecule has 0 amide bonds. The fourth-order valence-electron chi connectivity index (χ4n) is 4.18. The smallest absolute Gasteiger partial charge is 0.333 e. The van der Waals surface area contributed by atoms with Crippen molar-refractivity contribution in [1.29, 1.82) is 0 Å². The normalized spacial score (nSPS) is 15.2. The number of carbonyl (C=O) groups is 1. The van der Waals surface area contributed by atoms with E-state index in [2.05, 4.69) is 49.4 Å². The number of carboxylic acid groups (broad SMARTS) is 1. The minimum atomic E-state index is -0.952. The van der Waals surface area contributed by atoms with Crippen LogP contribution < -0.4 is 4.74 Å². The molecule has 176 valence electrons. The Bertz CT molecular complexity index is 1150. The van der Waals surface area contributed by atoms with E-state index in [-0.39, 0.29) is 6.10 Å². The summed E-state index contributed by atoms with van der Waals surface area (Å²) in [4.78, 5) is 11.3. The highest BCUT2D eigenvalue weighted by atomic mass is 16.5. The van der Waals surface area contributed by atoms with Crippen molar-refractivity contribution in [2.75, 3.05) is 19.8 Å². The standard InChI is InChI=1S/C29H30O5/c1-3-32-27(29(30)31)19-21-9-14-24(15-10-21)33-16-17-34-28-25-7-5-4-6-22(25)12-13-23-11-8-20(2)18-26(23)28/h4-15,18,27-28H,3,16-17,19H2,1-2H3,(H,30,31). The van der Waals surface area contributed by atoms with Gasteiger partial charge in [-0.25, -0.2) is 4.79 Å². The highest BCUT2D eigenvalue weighted by molar-refractivity contribution is 5.76. The lowest BCUT2D eigenvalue weighted by atomic mass is 9.95. The van der Waals surface area contributed by atoms with Gasteiger partial charge in [0.05, 0.1) is 6.61 Å². The summed E-state index contributed by atoms with van der Waals surface area (Å²) in [5.74, 6) is -0.235. The van der Waals surface area contributed by atoms with Gasteiger partial charge in [0.25, 0.3) is 0 Å². The third-order valence-corrected chi connectivity index (χ3v) is 5.87. The Morgan fingerprint density at radius 3 is 2.41 bits per heavy atom. The number of aliphatic carboxylic acids is 1. The summed E-state index contributed by atoms with van der Waals surface area (Å²) < 4.78 is 17.6. The van der Waals surface area contributed by atoms with Gasteiger partial charge in [0.2, 0.25) is 0 Å². The van der Waals surface area contributed by atoms with E-state index in [9.17, 15) is 9.90 Å². The quantitative estimate of drug-likeness (QED) is 0.395. The molecule has 0 aliphatic heterocycles. The molecule has 0 aromatic heterocycles. The van der Waals surface area contributed by atoms with Gasteiger partial charge in [0, 0.05) is 13.0 Å². The summed E-state index contributed by atoms with van der Waals surface area (Å²) in [6.07, 6.45) is 3.61. The molecule has 0 saturated heterocycles. The van der Waals surface area contributed by atoms with Crippen molar-refractivity contribution >= 4 is 18.1 Å². The summed E-state index contributed by atoms with van der Waals surface area (Å²) in [5, 5.41) is 9.26. The molecule has 0 bridgehead atoms. The van der Waals surface area contributed by atoms with Crippen LogP contribution in [0.25, 0.3) is 12.2 Å². The molecule has 2 atom stereocenters. The molecule has 0 spiro atoms. The molecule has 1 aliphatic carbocycles. The van der Waals surface area contributed by atoms with Crippen molar-refractivity contribution in [2.24, 2.45) is 0 Å². The zero-order chi connectivity index (χ0) is 23.9. The average molecular weight is 459 g/mol. The van der Waals surface area contributed by atoms with Crippen molar-refractivity contribution < 1.29 is 24.1 Å². The highest BCUT2D eigenvalue weighted by Gasteiger charge is 2.22. The second-order valence-corrected chi connectivity index (χ2v) is 8.32. The summed E-state index contributed by atoms with van der Waals surface area (Å²) in [6.45, 7) is 5.09. The molecule has 0 fully saturated rings. The van der Waals surface area contributed by atoms with Crippen LogP contribution >= 0.6 is 0 Å². The second kappa shape index (κ2) is 11.1. The second-order valence-electron chi connectivity index (χ2n) is 8.32.